The van der Waals surface area contributed by atoms with Crippen molar-refractivity contribution in [1.82, 2.24) is 14.5 Å². The average Bonchev–Trinajstić information content (AvgIpc) is 3.38. The molecule has 1 N–H and O–H groups in total. The number of likely N-dealkylation sites (tertiary alicyclic amines) is 1. The number of amides is 2. The van der Waals surface area contributed by atoms with E-state index in [-0.39, 0.29) is 29.2 Å². The second-order valence-corrected chi connectivity index (χ2v) is 10.8. The average molecular weight is 429 g/mol. The van der Waals surface area contributed by atoms with E-state index in [0.717, 1.165) is 11.3 Å². The van der Waals surface area contributed by atoms with Gasteiger partial charge in [-0.1, -0.05) is 18.2 Å². The van der Waals surface area contributed by atoms with Gasteiger partial charge in [-0.15, -0.1) is 0 Å². The van der Waals surface area contributed by atoms with Gasteiger partial charge in [-0.25, -0.2) is 13.4 Å². The lowest BCUT2D eigenvalue weighted by Gasteiger charge is -2.35. The number of hydrogen-bond acceptors (Lipinski definition) is 5. The van der Waals surface area contributed by atoms with Gasteiger partial charge in [0.2, 0.25) is 11.8 Å². The number of nitrogens with zero attached hydrogens (tertiary/aromatic N) is 3. The van der Waals surface area contributed by atoms with Crippen LogP contribution in [-0.2, 0) is 31.9 Å². The normalized spacial score (nSPS) is 28.0. The predicted octanol–water partition coefficient (Wildman–Crippen LogP) is 1.41. The molecule has 5 rings (SSSR count). The van der Waals surface area contributed by atoms with Crippen molar-refractivity contribution in [3.63, 3.8) is 0 Å². The van der Waals surface area contributed by atoms with E-state index >= 15 is 0 Å². The molecular formula is C21H24N4O4S. The molecule has 3 aliphatic rings. The minimum atomic E-state index is -3.06. The fraction of sp³-hybridized carbons (Fsp3) is 0.476. The molecule has 2 saturated heterocycles. The molecule has 0 radical (unpaired) electrons. The molecule has 158 valence electrons. The van der Waals surface area contributed by atoms with Gasteiger partial charge in [0.25, 0.3) is 0 Å². The topological polar surface area (TPSA) is 101 Å². The zero-order valence-electron chi connectivity index (χ0n) is 16.7. The predicted molar refractivity (Wildman–Crippen MR) is 110 cm³/mol. The lowest BCUT2D eigenvalue weighted by atomic mass is 9.74. The summed E-state index contributed by atoms with van der Waals surface area (Å²) in [6, 6.07) is 7.09. The maximum atomic E-state index is 13.5. The van der Waals surface area contributed by atoms with Crippen molar-refractivity contribution in [3.8, 4) is 0 Å². The number of carbonyl (C=O) groups is 2. The Bertz CT molecular complexity index is 1130. The quantitative estimate of drug-likeness (QED) is 0.779. The highest BCUT2D eigenvalue weighted by Crippen LogP contribution is 2.54. The Labute approximate surface area is 175 Å². The molecule has 9 heteroatoms. The van der Waals surface area contributed by atoms with E-state index in [2.05, 4.69) is 10.3 Å². The molecule has 0 aliphatic carbocycles. The fourth-order valence-corrected chi connectivity index (χ4v) is 6.79. The SMILES string of the molecule is Cn1ccnc1[C@@H]1N(C(=O)C2CCS(=O)(=O)CC2)CC[C@]12C(=O)Nc1ccccc12. The number of sulfone groups is 1. The number of hydrogen-bond donors (Lipinski definition) is 1. The van der Waals surface area contributed by atoms with Gasteiger partial charge in [0.1, 0.15) is 27.1 Å². The van der Waals surface area contributed by atoms with Gasteiger partial charge in [0, 0.05) is 37.6 Å². The van der Waals surface area contributed by atoms with Crippen LogP contribution in [0.3, 0.4) is 0 Å². The molecule has 30 heavy (non-hydrogen) atoms. The van der Waals surface area contributed by atoms with Crippen LogP contribution in [-0.4, -0.2) is 52.7 Å². The third-order valence-electron chi connectivity index (χ3n) is 6.88. The standard InChI is InChI=1S/C21H24N4O4S/c1-24-11-9-22-18(24)17-21(15-4-2-3-5-16(15)23-20(21)27)8-10-25(17)19(26)14-6-12-30(28,29)13-7-14/h2-5,9,11,14,17H,6-8,10,12-13H2,1H3,(H,23,27)/t17-,21+/m0/s1. The van der Waals surface area contributed by atoms with E-state index in [0.29, 0.717) is 31.6 Å². The highest BCUT2D eigenvalue weighted by Gasteiger charge is 2.61. The van der Waals surface area contributed by atoms with Crippen LogP contribution in [0.1, 0.15) is 36.7 Å². The van der Waals surface area contributed by atoms with E-state index in [1.165, 1.54) is 0 Å². The van der Waals surface area contributed by atoms with Crippen LogP contribution in [0.2, 0.25) is 0 Å². The molecule has 3 aliphatic heterocycles. The Morgan fingerprint density at radius 1 is 1.23 bits per heavy atom. The number of benzene rings is 1. The largest absolute Gasteiger partial charge is 0.336 e. The Kier molecular flexibility index (Phi) is 4.29. The van der Waals surface area contributed by atoms with E-state index in [4.69, 9.17) is 0 Å². The molecule has 1 spiro atoms. The summed E-state index contributed by atoms with van der Waals surface area (Å²) in [6.07, 6.45) is 4.66. The van der Waals surface area contributed by atoms with Crippen molar-refractivity contribution in [1.29, 1.82) is 0 Å². The van der Waals surface area contributed by atoms with Gasteiger partial charge in [0.05, 0.1) is 11.5 Å². The monoisotopic (exact) mass is 428 g/mol. The van der Waals surface area contributed by atoms with Gasteiger partial charge in [0.15, 0.2) is 0 Å². The van der Waals surface area contributed by atoms with Gasteiger partial charge < -0.3 is 14.8 Å². The molecule has 2 aromatic rings. The number of para-hydroxylation sites is 1. The van der Waals surface area contributed by atoms with Crippen molar-refractivity contribution >= 4 is 27.3 Å². The summed E-state index contributed by atoms with van der Waals surface area (Å²) < 4.78 is 25.5. The molecule has 2 amide bonds. The highest BCUT2D eigenvalue weighted by atomic mass is 32.2. The van der Waals surface area contributed by atoms with Gasteiger partial charge in [-0.2, -0.15) is 0 Å². The fourth-order valence-electron chi connectivity index (χ4n) is 5.29. The van der Waals surface area contributed by atoms with Crippen LogP contribution in [0.5, 0.6) is 0 Å². The van der Waals surface area contributed by atoms with Crippen molar-refractivity contribution < 1.29 is 18.0 Å². The molecule has 2 fully saturated rings. The second-order valence-electron chi connectivity index (χ2n) is 8.48. The van der Waals surface area contributed by atoms with E-state index in [9.17, 15) is 18.0 Å². The van der Waals surface area contributed by atoms with Crippen molar-refractivity contribution in [2.45, 2.75) is 30.7 Å². The minimum Gasteiger partial charge on any atom is -0.336 e. The zero-order valence-corrected chi connectivity index (χ0v) is 17.6. The van der Waals surface area contributed by atoms with Crippen molar-refractivity contribution in [2.75, 3.05) is 23.4 Å². The molecule has 4 heterocycles. The smallest absolute Gasteiger partial charge is 0.237 e. The molecule has 1 aromatic heterocycles. The van der Waals surface area contributed by atoms with Crippen LogP contribution in [0.25, 0.3) is 0 Å². The summed E-state index contributed by atoms with van der Waals surface area (Å²) in [5.41, 5.74) is 0.774. The number of aromatic nitrogens is 2. The van der Waals surface area contributed by atoms with Gasteiger partial charge in [-0.05, 0) is 30.9 Å². The summed E-state index contributed by atoms with van der Waals surface area (Å²) in [5.74, 6) is 0.213. The Balaban J connectivity index is 1.58. The Morgan fingerprint density at radius 2 is 1.97 bits per heavy atom. The first-order valence-corrected chi connectivity index (χ1v) is 12.0. The lowest BCUT2D eigenvalue weighted by Crippen LogP contribution is -2.46. The number of rotatable bonds is 2. The summed E-state index contributed by atoms with van der Waals surface area (Å²) in [7, 11) is -1.19. The maximum absolute atomic E-state index is 13.5. The maximum Gasteiger partial charge on any atom is 0.237 e. The molecule has 0 unspecified atom stereocenters. The molecular weight excluding hydrogens is 404 g/mol. The molecule has 0 bridgehead atoms. The second kappa shape index (κ2) is 6.66. The van der Waals surface area contributed by atoms with Crippen LogP contribution >= 0.6 is 0 Å². The van der Waals surface area contributed by atoms with E-state index in [1.54, 1.807) is 11.1 Å². The van der Waals surface area contributed by atoms with Gasteiger partial charge >= 0.3 is 0 Å². The van der Waals surface area contributed by atoms with Gasteiger partial charge in [-0.3, -0.25) is 9.59 Å². The zero-order chi connectivity index (χ0) is 21.1. The Morgan fingerprint density at radius 3 is 2.67 bits per heavy atom. The van der Waals surface area contributed by atoms with Crippen LogP contribution < -0.4 is 5.32 Å². The van der Waals surface area contributed by atoms with Crippen LogP contribution in [0.4, 0.5) is 5.69 Å². The minimum absolute atomic E-state index is 0.0405. The number of nitrogens with one attached hydrogen (secondary N) is 1. The Hall–Kier alpha value is -2.68. The number of imidazole rings is 1. The summed E-state index contributed by atoms with van der Waals surface area (Å²) in [6.45, 7) is 0.432. The third kappa shape index (κ3) is 2.71. The lowest BCUT2D eigenvalue weighted by molar-refractivity contribution is -0.138. The third-order valence-corrected chi connectivity index (χ3v) is 8.59. The van der Waals surface area contributed by atoms with E-state index < -0.39 is 21.3 Å². The number of aryl methyl sites for hydroxylation is 1. The number of anilines is 1. The van der Waals surface area contributed by atoms with Crippen LogP contribution in [0, 0.1) is 5.92 Å². The van der Waals surface area contributed by atoms with E-state index in [1.807, 2.05) is 42.1 Å². The molecule has 2 atom stereocenters. The highest BCUT2D eigenvalue weighted by molar-refractivity contribution is 7.91. The molecule has 8 nitrogen and oxygen atoms in total. The van der Waals surface area contributed by atoms with Crippen molar-refractivity contribution in [3.05, 3.63) is 48.0 Å². The molecule has 1 aromatic carbocycles. The first-order chi connectivity index (χ1) is 14.3. The number of fused-ring (bicyclic) bond motifs is 2. The van der Waals surface area contributed by atoms with Crippen LogP contribution in [0.15, 0.2) is 36.7 Å². The number of carbonyl (C=O) groups excluding carboxylic acids is 2. The summed E-state index contributed by atoms with van der Waals surface area (Å²) in [5, 5.41) is 3.00. The summed E-state index contributed by atoms with van der Waals surface area (Å²) >= 11 is 0. The molecule has 0 saturated carbocycles. The first kappa shape index (κ1) is 19.3. The van der Waals surface area contributed by atoms with Crippen molar-refractivity contribution in [2.24, 2.45) is 13.0 Å². The first-order valence-electron chi connectivity index (χ1n) is 10.2. The summed E-state index contributed by atoms with van der Waals surface area (Å²) in [4.78, 5) is 33.2.